The lowest BCUT2D eigenvalue weighted by Gasteiger charge is -2.23. The summed E-state index contributed by atoms with van der Waals surface area (Å²) in [5.41, 5.74) is 0.772. The van der Waals surface area contributed by atoms with Gasteiger partial charge in [0.2, 0.25) is 0 Å². The van der Waals surface area contributed by atoms with Gasteiger partial charge in [-0.05, 0) is 28.9 Å². The average molecular weight is 259 g/mol. The topological polar surface area (TPSA) is 53.4 Å². The summed E-state index contributed by atoms with van der Waals surface area (Å²) in [5, 5.41) is 8.81. The number of carboxylic acids is 1. The monoisotopic (exact) mass is 258 g/mol. The van der Waals surface area contributed by atoms with Gasteiger partial charge in [0, 0.05) is 17.7 Å². The Balaban J connectivity index is 2.89. The van der Waals surface area contributed by atoms with Gasteiger partial charge in [-0.15, -0.1) is 0 Å². The minimum Gasteiger partial charge on any atom is -0.480 e. The van der Waals surface area contributed by atoms with Crippen molar-refractivity contribution in [1.82, 2.24) is 4.98 Å². The predicted molar refractivity (Wildman–Crippen MR) is 57.4 cm³/mol. The summed E-state index contributed by atoms with van der Waals surface area (Å²) in [5.74, 6) is -0.854. The molecule has 0 aliphatic heterocycles. The molecule has 4 nitrogen and oxygen atoms in total. The first kappa shape index (κ1) is 11.0. The summed E-state index contributed by atoms with van der Waals surface area (Å²) in [6, 6.07) is 1.26. The van der Waals surface area contributed by atoms with Gasteiger partial charge < -0.3 is 10.0 Å². The van der Waals surface area contributed by atoms with Crippen molar-refractivity contribution in [3.63, 3.8) is 0 Å². The van der Waals surface area contributed by atoms with Gasteiger partial charge in [0.25, 0.3) is 0 Å². The fourth-order valence-electron chi connectivity index (χ4n) is 0.983. The van der Waals surface area contributed by atoms with E-state index in [4.69, 9.17) is 5.11 Å². The maximum Gasteiger partial charge on any atom is 0.326 e. The molecule has 0 aromatic carbocycles. The molecule has 0 amide bonds. The smallest absolute Gasteiger partial charge is 0.326 e. The van der Waals surface area contributed by atoms with E-state index >= 15 is 0 Å². The van der Waals surface area contributed by atoms with Gasteiger partial charge in [-0.2, -0.15) is 0 Å². The van der Waals surface area contributed by atoms with Crippen LogP contribution in [0.5, 0.6) is 0 Å². The third-order valence-corrected chi connectivity index (χ3v) is 2.47. The van der Waals surface area contributed by atoms with E-state index in [-0.39, 0.29) is 0 Å². The number of carboxylic acid groups (broad SMARTS) is 1. The SMILES string of the molecule is CC(C(=O)O)N(C)c1cncc(Br)c1. The second-order valence-corrected chi connectivity index (χ2v) is 3.90. The first-order valence-electron chi connectivity index (χ1n) is 4.08. The van der Waals surface area contributed by atoms with Gasteiger partial charge >= 0.3 is 5.97 Å². The van der Waals surface area contributed by atoms with E-state index in [0.29, 0.717) is 0 Å². The molecule has 0 saturated carbocycles. The third kappa shape index (κ3) is 2.45. The molecule has 0 aliphatic carbocycles. The van der Waals surface area contributed by atoms with Crippen LogP contribution in [0.3, 0.4) is 0 Å². The predicted octanol–water partition coefficient (Wildman–Crippen LogP) is 1.75. The van der Waals surface area contributed by atoms with Crippen LogP contribution in [0.25, 0.3) is 0 Å². The first-order chi connectivity index (χ1) is 6.52. The zero-order valence-corrected chi connectivity index (χ0v) is 9.52. The zero-order valence-electron chi connectivity index (χ0n) is 7.94. The number of rotatable bonds is 3. The molecule has 1 rings (SSSR count). The molecule has 14 heavy (non-hydrogen) atoms. The number of likely N-dealkylation sites (N-methyl/N-ethyl adjacent to an activating group) is 1. The van der Waals surface area contributed by atoms with Gasteiger partial charge in [0.1, 0.15) is 6.04 Å². The standard InChI is InChI=1S/C9H11BrN2O2/c1-6(9(13)14)12(2)8-3-7(10)4-11-5-8/h3-6H,1-2H3,(H,13,14). The average Bonchev–Trinajstić information content (AvgIpc) is 2.15. The molecule has 0 spiro atoms. The minimum atomic E-state index is -0.854. The molecule has 1 N–H and O–H groups in total. The molecule has 1 aromatic rings. The normalized spacial score (nSPS) is 12.2. The largest absolute Gasteiger partial charge is 0.480 e. The van der Waals surface area contributed by atoms with Gasteiger partial charge in [-0.3, -0.25) is 4.98 Å². The fourth-order valence-corrected chi connectivity index (χ4v) is 1.34. The number of halogens is 1. The van der Waals surface area contributed by atoms with Gasteiger partial charge in [-0.1, -0.05) is 0 Å². The van der Waals surface area contributed by atoms with Crippen molar-refractivity contribution in [1.29, 1.82) is 0 Å². The Morgan fingerprint density at radius 3 is 2.79 bits per heavy atom. The molecular weight excluding hydrogens is 248 g/mol. The van der Waals surface area contributed by atoms with Crippen molar-refractivity contribution in [3.8, 4) is 0 Å². The summed E-state index contributed by atoms with van der Waals surface area (Å²) in [6.45, 7) is 1.63. The number of aliphatic carboxylic acids is 1. The van der Waals surface area contributed by atoms with Crippen LogP contribution < -0.4 is 4.90 Å². The molecule has 0 saturated heterocycles. The molecule has 0 aliphatic rings. The Kier molecular flexibility index (Phi) is 3.46. The lowest BCUT2D eigenvalue weighted by atomic mass is 10.2. The highest BCUT2D eigenvalue weighted by Gasteiger charge is 2.17. The van der Waals surface area contributed by atoms with Gasteiger partial charge in [-0.25, -0.2) is 4.79 Å². The second-order valence-electron chi connectivity index (χ2n) is 2.99. The number of hydrogen-bond donors (Lipinski definition) is 1. The number of aromatic nitrogens is 1. The van der Waals surface area contributed by atoms with Crippen LogP contribution in [0.1, 0.15) is 6.92 Å². The molecule has 1 unspecified atom stereocenters. The Hall–Kier alpha value is -1.10. The molecule has 76 valence electrons. The Morgan fingerprint density at radius 1 is 1.64 bits per heavy atom. The van der Waals surface area contributed by atoms with Crippen molar-refractivity contribution in [2.24, 2.45) is 0 Å². The quantitative estimate of drug-likeness (QED) is 0.898. The van der Waals surface area contributed by atoms with Crippen LogP contribution >= 0.6 is 15.9 Å². The maximum atomic E-state index is 10.7. The Bertz CT molecular complexity index is 343. The fraction of sp³-hybridized carbons (Fsp3) is 0.333. The maximum absolute atomic E-state index is 10.7. The number of anilines is 1. The summed E-state index contributed by atoms with van der Waals surface area (Å²) in [7, 11) is 1.72. The van der Waals surface area contributed by atoms with Crippen LogP contribution in [0.15, 0.2) is 22.9 Å². The van der Waals surface area contributed by atoms with E-state index in [0.717, 1.165) is 10.2 Å². The Labute approximate surface area is 90.7 Å². The van der Waals surface area contributed by atoms with Gasteiger partial charge in [0.15, 0.2) is 0 Å². The van der Waals surface area contributed by atoms with Crippen LogP contribution in [0, 0.1) is 0 Å². The summed E-state index contributed by atoms with van der Waals surface area (Å²) >= 11 is 3.28. The van der Waals surface area contributed by atoms with Crippen molar-refractivity contribution in [2.75, 3.05) is 11.9 Å². The van der Waals surface area contributed by atoms with Crippen molar-refractivity contribution in [2.45, 2.75) is 13.0 Å². The zero-order chi connectivity index (χ0) is 10.7. The lowest BCUT2D eigenvalue weighted by molar-refractivity contribution is -0.138. The first-order valence-corrected chi connectivity index (χ1v) is 4.88. The van der Waals surface area contributed by atoms with E-state index in [1.807, 2.05) is 6.07 Å². The minimum absolute atomic E-state index is 0.564. The van der Waals surface area contributed by atoms with E-state index in [1.54, 1.807) is 31.3 Å². The Morgan fingerprint density at radius 2 is 2.29 bits per heavy atom. The highest BCUT2D eigenvalue weighted by molar-refractivity contribution is 9.10. The van der Waals surface area contributed by atoms with Crippen LogP contribution in [-0.2, 0) is 4.79 Å². The molecule has 5 heteroatoms. The van der Waals surface area contributed by atoms with Crippen LogP contribution in [-0.4, -0.2) is 29.1 Å². The molecule has 0 fully saturated rings. The summed E-state index contributed by atoms with van der Waals surface area (Å²) in [4.78, 5) is 16.3. The number of pyridine rings is 1. The molecule has 0 bridgehead atoms. The van der Waals surface area contributed by atoms with E-state index in [2.05, 4.69) is 20.9 Å². The van der Waals surface area contributed by atoms with Crippen molar-refractivity contribution in [3.05, 3.63) is 22.9 Å². The lowest BCUT2D eigenvalue weighted by Crippen LogP contribution is -2.35. The molecular formula is C9H11BrN2O2. The van der Waals surface area contributed by atoms with E-state index in [1.165, 1.54) is 0 Å². The molecule has 1 heterocycles. The molecule has 0 radical (unpaired) electrons. The van der Waals surface area contributed by atoms with E-state index < -0.39 is 12.0 Å². The van der Waals surface area contributed by atoms with Crippen molar-refractivity contribution < 1.29 is 9.90 Å². The third-order valence-electron chi connectivity index (χ3n) is 2.04. The molecule has 1 atom stereocenters. The molecule has 1 aromatic heterocycles. The number of nitrogens with zero attached hydrogens (tertiary/aromatic N) is 2. The summed E-state index contributed by atoms with van der Waals surface area (Å²) < 4.78 is 0.833. The van der Waals surface area contributed by atoms with Crippen LogP contribution in [0.4, 0.5) is 5.69 Å². The highest BCUT2D eigenvalue weighted by atomic mass is 79.9. The number of carbonyl (C=O) groups is 1. The van der Waals surface area contributed by atoms with E-state index in [9.17, 15) is 4.79 Å². The van der Waals surface area contributed by atoms with Crippen LogP contribution in [0.2, 0.25) is 0 Å². The van der Waals surface area contributed by atoms with Crippen molar-refractivity contribution >= 4 is 27.6 Å². The highest BCUT2D eigenvalue weighted by Crippen LogP contribution is 2.18. The number of hydrogen-bond acceptors (Lipinski definition) is 3. The second kappa shape index (κ2) is 4.41. The summed E-state index contributed by atoms with van der Waals surface area (Å²) in [6.07, 6.45) is 3.28. The van der Waals surface area contributed by atoms with Gasteiger partial charge in [0.05, 0.1) is 11.9 Å².